The van der Waals surface area contributed by atoms with Crippen LogP contribution in [0.5, 0.6) is 0 Å². The van der Waals surface area contributed by atoms with Crippen molar-refractivity contribution >= 4 is 0 Å². The highest BCUT2D eigenvalue weighted by Crippen LogP contribution is 1.90. The Hall–Kier alpha value is -0.160. The van der Waals surface area contributed by atoms with Crippen molar-refractivity contribution in [2.75, 3.05) is 26.6 Å². The Balaban J connectivity index is 2.06. The zero-order valence-electron chi connectivity index (χ0n) is 4.63. The fourth-order valence-corrected chi connectivity index (χ4v) is 0.605. The van der Waals surface area contributed by atoms with Gasteiger partial charge in [0.05, 0.1) is 13.3 Å². The first-order valence-corrected chi connectivity index (χ1v) is 2.61. The van der Waals surface area contributed by atoms with Crippen LogP contribution in [0, 0.1) is 0 Å². The number of hydroxylamine groups is 1. The lowest BCUT2D eigenvalue weighted by Gasteiger charge is -2.06. The highest BCUT2D eigenvalue weighted by molar-refractivity contribution is 4.49. The molecule has 0 aromatic rings. The summed E-state index contributed by atoms with van der Waals surface area (Å²) in [6.45, 7) is 2.19. The first kappa shape index (κ1) is 5.97. The second kappa shape index (κ2) is 2.99. The van der Waals surface area contributed by atoms with Gasteiger partial charge in [0, 0.05) is 6.54 Å². The monoisotopic (exact) mass is 118 g/mol. The molecule has 1 heterocycles. The van der Waals surface area contributed by atoms with Crippen LogP contribution in [0.15, 0.2) is 0 Å². The van der Waals surface area contributed by atoms with Crippen LogP contribution < -0.4 is 5.48 Å². The summed E-state index contributed by atoms with van der Waals surface area (Å²) >= 11 is 0. The summed E-state index contributed by atoms with van der Waals surface area (Å²) in [5, 5.41) is 8.40. The van der Waals surface area contributed by atoms with Gasteiger partial charge in [-0.3, -0.25) is 9.74 Å². The minimum absolute atomic E-state index is 0.199. The number of β-amino-alcohol motifs (C(OH)–C–C–N with tert-alkyl or cyclic N) is 1. The fraction of sp³-hybridized carbons (Fsp3) is 1.00. The topological polar surface area (TPSA) is 44.7 Å². The Morgan fingerprint density at radius 2 is 2.62 bits per heavy atom. The Morgan fingerprint density at radius 3 is 3.12 bits per heavy atom. The minimum Gasteiger partial charge on any atom is -0.395 e. The quantitative estimate of drug-likeness (QED) is 0.474. The summed E-state index contributed by atoms with van der Waals surface area (Å²) in [5.74, 6) is 0. The maximum Gasteiger partial charge on any atom is 0.122 e. The summed E-state index contributed by atoms with van der Waals surface area (Å²) in [6, 6.07) is 0. The van der Waals surface area contributed by atoms with Crippen LogP contribution in [0.25, 0.3) is 0 Å². The molecule has 0 aliphatic carbocycles. The molecule has 48 valence electrons. The van der Waals surface area contributed by atoms with Gasteiger partial charge in [0.1, 0.15) is 6.73 Å². The molecule has 4 nitrogen and oxygen atoms in total. The first-order valence-electron chi connectivity index (χ1n) is 2.61. The third-order valence-corrected chi connectivity index (χ3v) is 1.05. The first-order chi connectivity index (χ1) is 3.93. The Morgan fingerprint density at radius 1 is 1.75 bits per heavy atom. The predicted molar refractivity (Wildman–Crippen MR) is 27.7 cm³/mol. The third kappa shape index (κ3) is 1.41. The number of aliphatic hydroxyl groups excluding tert-OH is 1. The summed E-state index contributed by atoms with van der Waals surface area (Å²) in [7, 11) is 0. The van der Waals surface area contributed by atoms with Crippen LogP contribution in [0.4, 0.5) is 0 Å². The van der Waals surface area contributed by atoms with Gasteiger partial charge in [-0.25, -0.2) is 0 Å². The largest absolute Gasteiger partial charge is 0.395 e. The van der Waals surface area contributed by atoms with E-state index in [4.69, 9.17) is 9.94 Å². The van der Waals surface area contributed by atoms with Gasteiger partial charge in [-0.15, -0.1) is 0 Å². The molecule has 0 spiro atoms. The van der Waals surface area contributed by atoms with Crippen LogP contribution in [-0.2, 0) is 4.84 Å². The molecule has 1 fully saturated rings. The summed E-state index contributed by atoms with van der Waals surface area (Å²) in [5.41, 5.74) is 2.67. The molecule has 0 amide bonds. The van der Waals surface area contributed by atoms with E-state index in [9.17, 15) is 0 Å². The molecule has 0 atom stereocenters. The number of hydrogen-bond donors (Lipinski definition) is 2. The molecule has 4 heteroatoms. The van der Waals surface area contributed by atoms with Gasteiger partial charge in [-0.2, -0.15) is 5.48 Å². The van der Waals surface area contributed by atoms with Crippen LogP contribution in [0.1, 0.15) is 0 Å². The molecule has 1 aliphatic rings. The standard InChI is InChI=1S/C4H10N2O2/c7-2-1-6-3-5-8-4-6/h5,7H,1-4H2. The second-order valence-electron chi connectivity index (χ2n) is 1.69. The smallest absolute Gasteiger partial charge is 0.122 e. The molecule has 0 radical (unpaired) electrons. The van der Waals surface area contributed by atoms with Crippen molar-refractivity contribution in [3.8, 4) is 0 Å². The van der Waals surface area contributed by atoms with E-state index in [1.807, 2.05) is 4.90 Å². The van der Waals surface area contributed by atoms with E-state index in [1.165, 1.54) is 0 Å². The summed E-state index contributed by atoms with van der Waals surface area (Å²) < 4.78 is 0. The zero-order chi connectivity index (χ0) is 5.82. The zero-order valence-corrected chi connectivity index (χ0v) is 4.63. The molecule has 0 aromatic carbocycles. The van der Waals surface area contributed by atoms with Gasteiger partial charge < -0.3 is 5.11 Å². The lowest BCUT2D eigenvalue weighted by atomic mass is 10.6. The molecular weight excluding hydrogens is 108 g/mol. The predicted octanol–water partition coefficient (Wildman–Crippen LogP) is -1.27. The van der Waals surface area contributed by atoms with E-state index < -0.39 is 0 Å². The van der Waals surface area contributed by atoms with Crippen LogP contribution in [-0.4, -0.2) is 36.6 Å². The third-order valence-electron chi connectivity index (χ3n) is 1.05. The molecule has 8 heavy (non-hydrogen) atoms. The van der Waals surface area contributed by atoms with Crippen molar-refractivity contribution in [3.63, 3.8) is 0 Å². The molecule has 0 aromatic heterocycles. The molecule has 2 N–H and O–H groups in total. The molecule has 0 unspecified atom stereocenters. The molecular formula is C4H10N2O2. The second-order valence-corrected chi connectivity index (χ2v) is 1.69. The van der Waals surface area contributed by atoms with Crippen molar-refractivity contribution < 1.29 is 9.94 Å². The van der Waals surface area contributed by atoms with E-state index >= 15 is 0 Å². The van der Waals surface area contributed by atoms with E-state index in [1.54, 1.807) is 0 Å². The molecule has 0 bridgehead atoms. The maximum atomic E-state index is 8.40. The number of nitrogens with one attached hydrogen (secondary N) is 1. The average molecular weight is 118 g/mol. The van der Waals surface area contributed by atoms with Gasteiger partial charge in [-0.05, 0) is 0 Å². The molecule has 1 aliphatic heterocycles. The van der Waals surface area contributed by atoms with Crippen molar-refractivity contribution in [3.05, 3.63) is 0 Å². The lowest BCUT2D eigenvalue weighted by Crippen LogP contribution is -2.25. The Bertz CT molecular complexity index is 63.1. The van der Waals surface area contributed by atoms with E-state index in [-0.39, 0.29) is 6.61 Å². The molecule has 1 rings (SSSR count). The van der Waals surface area contributed by atoms with Gasteiger partial charge in [0.25, 0.3) is 0 Å². The van der Waals surface area contributed by atoms with Gasteiger partial charge in [-0.1, -0.05) is 0 Å². The lowest BCUT2D eigenvalue weighted by molar-refractivity contribution is 0.0744. The maximum absolute atomic E-state index is 8.40. The van der Waals surface area contributed by atoms with Crippen LogP contribution in [0.2, 0.25) is 0 Å². The Kier molecular flexibility index (Phi) is 2.23. The normalized spacial score (nSPS) is 22.1. The minimum atomic E-state index is 0.199. The van der Waals surface area contributed by atoms with E-state index in [0.717, 1.165) is 6.67 Å². The number of rotatable bonds is 2. The van der Waals surface area contributed by atoms with Crippen LogP contribution in [0.3, 0.4) is 0 Å². The number of hydrogen-bond acceptors (Lipinski definition) is 4. The fourth-order valence-electron chi connectivity index (χ4n) is 0.605. The average Bonchev–Trinajstić information content (AvgIpc) is 2.19. The van der Waals surface area contributed by atoms with Crippen molar-refractivity contribution in [2.24, 2.45) is 0 Å². The number of aliphatic hydroxyl groups is 1. The number of nitrogens with zero attached hydrogens (tertiary/aromatic N) is 1. The van der Waals surface area contributed by atoms with Gasteiger partial charge in [0.15, 0.2) is 0 Å². The van der Waals surface area contributed by atoms with Gasteiger partial charge in [0.2, 0.25) is 0 Å². The highest BCUT2D eigenvalue weighted by Gasteiger charge is 2.08. The van der Waals surface area contributed by atoms with Gasteiger partial charge >= 0.3 is 0 Å². The molecule has 1 saturated heterocycles. The van der Waals surface area contributed by atoms with Crippen molar-refractivity contribution in [2.45, 2.75) is 0 Å². The van der Waals surface area contributed by atoms with E-state index in [2.05, 4.69) is 5.48 Å². The SMILES string of the molecule is OCCN1CNOC1. The van der Waals surface area contributed by atoms with Crippen LogP contribution >= 0.6 is 0 Å². The van der Waals surface area contributed by atoms with Crippen molar-refractivity contribution in [1.29, 1.82) is 0 Å². The summed E-state index contributed by atoms with van der Waals surface area (Å²) in [6.07, 6.45) is 0. The molecule has 0 saturated carbocycles. The highest BCUT2D eigenvalue weighted by atomic mass is 16.7. The van der Waals surface area contributed by atoms with Crippen molar-refractivity contribution in [1.82, 2.24) is 10.4 Å². The summed E-state index contributed by atoms with van der Waals surface area (Å²) in [4.78, 5) is 6.73. The Labute approximate surface area is 48.0 Å². The van der Waals surface area contributed by atoms with E-state index in [0.29, 0.717) is 13.3 Å².